The molecule has 2 aromatic carbocycles. The van der Waals surface area contributed by atoms with Crippen molar-refractivity contribution >= 4 is 22.7 Å². The lowest BCUT2D eigenvalue weighted by molar-refractivity contribution is 0.115. The SMILES string of the molecule is CCCC(C)OC(=O)Nc1cccc(-c2c(C#N)c3ccc(OC)cc3n2CC)c1. The third-order valence-corrected chi connectivity index (χ3v) is 5.09. The minimum absolute atomic E-state index is 0.138. The Morgan fingerprint density at radius 1 is 1.23 bits per heavy atom. The predicted molar refractivity (Wildman–Crippen MR) is 119 cm³/mol. The maximum Gasteiger partial charge on any atom is 0.411 e. The van der Waals surface area contributed by atoms with Crippen molar-refractivity contribution in [2.24, 2.45) is 0 Å². The Morgan fingerprint density at radius 2 is 2.03 bits per heavy atom. The molecule has 3 aromatic rings. The number of aryl methyl sites for hydroxylation is 1. The zero-order chi connectivity index (χ0) is 21.7. The first-order valence-electron chi connectivity index (χ1n) is 10.2. The number of nitriles is 1. The molecule has 1 amide bonds. The molecule has 156 valence electrons. The number of ether oxygens (including phenoxy) is 2. The largest absolute Gasteiger partial charge is 0.497 e. The number of rotatable bonds is 7. The number of anilines is 1. The summed E-state index contributed by atoms with van der Waals surface area (Å²) in [5, 5.41) is 13.6. The van der Waals surface area contributed by atoms with E-state index in [-0.39, 0.29) is 6.10 Å². The molecule has 1 aromatic heterocycles. The van der Waals surface area contributed by atoms with E-state index in [2.05, 4.69) is 22.9 Å². The number of methoxy groups -OCH3 is 1. The molecule has 0 aliphatic rings. The van der Waals surface area contributed by atoms with Gasteiger partial charge in [0.1, 0.15) is 17.9 Å². The highest BCUT2D eigenvalue weighted by molar-refractivity contribution is 5.96. The molecule has 0 radical (unpaired) electrons. The number of fused-ring (bicyclic) bond motifs is 1. The number of amides is 1. The summed E-state index contributed by atoms with van der Waals surface area (Å²) in [5.74, 6) is 0.741. The molecule has 0 aliphatic carbocycles. The van der Waals surface area contributed by atoms with Crippen LogP contribution < -0.4 is 10.1 Å². The summed E-state index contributed by atoms with van der Waals surface area (Å²) in [6.45, 7) is 6.66. The van der Waals surface area contributed by atoms with Crippen LogP contribution >= 0.6 is 0 Å². The molecule has 1 atom stereocenters. The number of aromatic nitrogens is 1. The Bertz CT molecular complexity index is 1100. The molecule has 0 saturated heterocycles. The molecule has 0 bridgehead atoms. The second-order valence-electron chi connectivity index (χ2n) is 7.17. The average Bonchev–Trinajstić information content (AvgIpc) is 3.06. The number of carbonyl (C=O) groups is 1. The van der Waals surface area contributed by atoms with Crippen LogP contribution in [-0.4, -0.2) is 23.9 Å². The molecule has 0 saturated carbocycles. The second kappa shape index (κ2) is 9.36. The number of hydrogen-bond acceptors (Lipinski definition) is 4. The van der Waals surface area contributed by atoms with Crippen molar-refractivity contribution in [1.82, 2.24) is 4.57 Å². The standard InChI is InChI=1S/C24H27N3O3/c1-5-8-16(3)30-24(28)26-18-10-7-9-17(13-18)23-21(15-25)20-12-11-19(29-4)14-22(20)27(23)6-2/h7,9-14,16H,5-6,8H2,1-4H3,(H,26,28). The van der Waals surface area contributed by atoms with Gasteiger partial charge in [-0.3, -0.25) is 5.32 Å². The van der Waals surface area contributed by atoms with E-state index in [9.17, 15) is 10.1 Å². The van der Waals surface area contributed by atoms with Crippen LogP contribution in [0.25, 0.3) is 22.2 Å². The Kier molecular flexibility index (Phi) is 6.63. The molecular weight excluding hydrogens is 378 g/mol. The number of hydrogen-bond donors (Lipinski definition) is 1. The van der Waals surface area contributed by atoms with Gasteiger partial charge in [-0.05, 0) is 44.5 Å². The molecule has 0 fully saturated rings. The van der Waals surface area contributed by atoms with Gasteiger partial charge in [-0.2, -0.15) is 5.26 Å². The van der Waals surface area contributed by atoms with Crippen LogP contribution in [0.15, 0.2) is 42.5 Å². The number of benzene rings is 2. The van der Waals surface area contributed by atoms with E-state index >= 15 is 0 Å². The lowest BCUT2D eigenvalue weighted by Crippen LogP contribution is -2.20. The fourth-order valence-electron chi connectivity index (χ4n) is 3.74. The minimum Gasteiger partial charge on any atom is -0.497 e. The first kappa shape index (κ1) is 21.3. The van der Waals surface area contributed by atoms with Crippen LogP contribution in [0.5, 0.6) is 5.75 Å². The molecule has 1 unspecified atom stereocenters. The van der Waals surface area contributed by atoms with E-state index in [4.69, 9.17) is 9.47 Å². The van der Waals surface area contributed by atoms with Gasteiger partial charge in [-0.15, -0.1) is 0 Å². The lowest BCUT2D eigenvalue weighted by Gasteiger charge is -2.14. The molecule has 3 rings (SSSR count). The quantitative estimate of drug-likeness (QED) is 0.527. The van der Waals surface area contributed by atoms with Gasteiger partial charge in [0.05, 0.1) is 23.9 Å². The highest BCUT2D eigenvalue weighted by Crippen LogP contribution is 2.36. The number of carbonyl (C=O) groups excluding carboxylic acids is 1. The van der Waals surface area contributed by atoms with Crippen LogP contribution in [0.4, 0.5) is 10.5 Å². The van der Waals surface area contributed by atoms with Crippen molar-refractivity contribution in [1.29, 1.82) is 5.26 Å². The van der Waals surface area contributed by atoms with Gasteiger partial charge in [-0.25, -0.2) is 4.79 Å². The first-order chi connectivity index (χ1) is 14.5. The summed E-state index contributed by atoms with van der Waals surface area (Å²) in [6, 6.07) is 15.5. The smallest absolute Gasteiger partial charge is 0.411 e. The van der Waals surface area contributed by atoms with E-state index in [1.54, 1.807) is 7.11 Å². The van der Waals surface area contributed by atoms with Gasteiger partial charge in [0.25, 0.3) is 0 Å². The van der Waals surface area contributed by atoms with Crippen LogP contribution in [0.1, 0.15) is 39.2 Å². The van der Waals surface area contributed by atoms with Crippen molar-refractivity contribution in [3.63, 3.8) is 0 Å². The van der Waals surface area contributed by atoms with Crippen molar-refractivity contribution in [2.45, 2.75) is 46.3 Å². The summed E-state index contributed by atoms with van der Waals surface area (Å²) >= 11 is 0. The summed E-state index contributed by atoms with van der Waals surface area (Å²) < 4.78 is 12.8. The fourth-order valence-corrected chi connectivity index (χ4v) is 3.74. The van der Waals surface area contributed by atoms with Gasteiger partial charge in [0, 0.05) is 29.2 Å². The highest BCUT2D eigenvalue weighted by atomic mass is 16.6. The highest BCUT2D eigenvalue weighted by Gasteiger charge is 2.19. The predicted octanol–water partition coefficient (Wildman–Crippen LogP) is 5.95. The molecule has 30 heavy (non-hydrogen) atoms. The molecule has 0 spiro atoms. The summed E-state index contributed by atoms with van der Waals surface area (Å²) in [5.41, 5.74) is 3.83. The van der Waals surface area contributed by atoms with Crippen LogP contribution in [-0.2, 0) is 11.3 Å². The van der Waals surface area contributed by atoms with Gasteiger partial charge in [0.2, 0.25) is 0 Å². The van der Waals surface area contributed by atoms with E-state index < -0.39 is 6.09 Å². The average molecular weight is 405 g/mol. The Balaban J connectivity index is 2.01. The molecule has 1 heterocycles. The summed E-state index contributed by atoms with van der Waals surface area (Å²) in [4.78, 5) is 12.2. The molecule has 0 aliphatic heterocycles. The van der Waals surface area contributed by atoms with Crippen molar-refractivity contribution < 1.29 is 14.3 Å². The number of nitrogens with one attached hydrogen (secondary N) is 1. The zero-order valence-electron chi connectivity index (χ0n) is 17.9. The van der Waals surface area contributed by atoms with Crippen molar-refractivity contribution in [2.75, 3.05) is 12.4 Å². The van der Waals surface area contributed by atoms with Crippen LogP contribution in [0, 0.1) is 11.3 Å². The first-order valence-corrected chi connectivity index (χ1v) is 10.2. The van der Waals surface area contributed by atoms with E-state index in [1.807, 2.05) is 56.3 Å². The van der Waals surface area contributed by atoms with Gasteiger partial charge in [-0.1, -0.05) is 25.5 Å². The minimum atomic E-state index is -0.477. The van der Waals surface area contributed by atoms with Crippen LogP contribution in [0.2, 0.25) is 0 Å². The number of nitrogens with zero attached hydrogens (tertiary/aromatic N) is 2. The van der Waals surface area contributed by atoms with E-state index in [0.29, 0.717) is 17.8 Å². The Labute approximate surface area is 177 Å². The third kappa shape index (κ3) is 4.25. The summed E-state index contributed by atoms with van der Waals surface area (Å²) in [7, 11) is 1.63. The van der Waals surface area contributed by atoms with E-state index in [0.717, 1.165) is 40.8 Å². The summed E-state index contributed by atoms with van der Waals surface area (Å²) in [6.07, 6.45) is 1.15. The zero-order valence-corrected chi connectivity index (χ0v) is 17.9. The Hall–Kier alpha value is -3.46. The lowest BCUT2D eigenvalue weighted by atomic mass is 10.1. The van der Waals surface area contributed by atoms with Gasteiger partial charge >= 0.3 is 6.09 Å². The van der Waals surface area contributed by atoms with Crippen LogP contribution in [0.3, 0.4) is 0 Å². The van der Waals surface area contributed by atoms with Gasteiger partial charge < -0.3 is 14.0 Å². The molecule has 6 heteroatoms. The van der Waals surface area contributed by atoms with E-state index in [1.165, 1.54) is 0 Å². The molecule has 1 N–H and O–H groups in total. The van der Waals surface area contributed by atoms with Crippen molar-refractivity contribution in [3.05, 3.63) is 48.0 Å². The van der Waals surface area contributed by atoms with Crippen molar-refractivity contribution in [3.8, 4) is 23.1 Å². The topological polar surface area (TPSA) is 76.3 Å². The molecular formula is C24H27N3O3. The molecule has 6 nitrogen and oxygen atoms in total. The Morgan fingerprint density at radius 3 is 2.70 bits per heavy atom. The maximum atomic E-state index is 12.2. The van der Waals surface area contributed by atoms with Gasteiger partial charge in [0.15, 0.2) is 0 Å². The monoisotopic (exact) mass is 405 g/mol. The normalized spacial score (nSPS) is 11.7. The maximum absolute atomic E-state index is 12.2. The third-order valence-electron chi connectivity index (χ3n) is 5.09. The fraction of sp³-hybridized carbons (Fsp3) is 0.333. The second-order valence-corrected chi connectivity index (χ2v) is 7.17.